The fourth-order valence-electron chi connectivity index (χ4n) is 2.28. The zero-order valence-electron chi connectivity index (χ0n) is 14.0. The molecule has 2 aromatic carbocycles. The second-order valence-electron chi connectivity index (χ2n) is 5.60. The second-order valence-corrected chi connectivity index (χ2v) is 5.60. The van der Waals surface area contributed by atoms with Crippen molar-refractivity contribution in [1.29, 1.82) is 0 Å². The van der Waals surface area contributed by atoms with Crippen molar-refractivity contribution in [2.24, 2.45) is 0 Å². The molecule has 0 radical (unpaired) electrons. The van der Waals surface area contributed by atoms with Gasteiger partial charge in [0.1, 0.15) is 0 Å². The molecular formula is C18H15F7O2. The van der Waals surface area contributed by atoms with Crippen molar-refractivity contribution in [3.05, 3.63) is 64.7 Å². The summed E-state index contributed by atoms with van der Waals surface area (Å²) in [6, 6.07) is 6.61. The third-order valence-corrected chi connectivity index (χ3v) is 3.65. The Kier molecular flexibility index (Phi) is 6.35. The third-order valence-electron chi connectivity index (χ3n) is 3.65. The molecular weight excluding hydrogens is 381 g/mol. The Hall–Kier alpha value is -2.29. The van der Waals surface area contributed by atoms with Gasteiger partial charge in [-0.15, -0.1) is 13.2 Å². The number of benzene rings is 2. The Labute approximate surface area is 150 Å². The minimum absolute atomic E-state index is 0.156. The molecule has 0 aromatic heterocycles. The summed E-state index contributed by atoms with van der Waals surface area (Å²) in [4.78, 5) is 0. The van der Waals surface area contributed by atoms with Crippen LogP contribution in [0.4, 0.5) is 30.7 Å². The van der Waals surface area contributed by atoms with Crippen molar-refractivity contribution < 1.29 is 40.2 Å². The third kappa shape index (κ3) is 5.85. The molecule has 148 valence electrons. The van der Waals surface area contributed by atoms with Gasteiger partial charge in [-0.25, -0.2) is 8.78 Å². The van der Waals surface area contributed by atoms with E-state index in [0.717, 1.165) is 5.56 Å². The van der Waals surface area contributed by atoms with Crippen molar-refractivity contribution in [3.63, 3.8) is 0 Å². The molecule has 2 nitrogen and oxygen atoms in total. The quantitative estimate of drug-likeness (QED) is 0.556. The molecule has 0 spiro atoms. The van der Waals surface area contributed by atoms with Gasteiger partial charge in [0.2, 0.25) is 5.75 Å². The Morgan fingerprint density at radius 1 is 0.852 bits per heavy atom. The average molecular weight is 396 g/mol. The molecule has 0 saturated carbocycles. The van der Waals surface area contributed by atoms with E-state index >= 15 is 0 Å². The van der Waals surface area contributed by atoms with Gasteiger partial charge < -0.3 is 9.47 Å². The van der Waals surface area contributed by atoms with Crippen LogP contribution in [0.1, 0.15) is 23.6 Å². The number of aryl methyl sites for hydroxylation is 1. The summed E-state index contributed by atoms with van der Waals surface area (Å²) in [5.41, 5.74) is 0.323. The van der Waals surface area contributed by atoms with Crippen molar-refractivity contribution >= 4 is 0 Å². The Balaban J connectivity index is 2.01. The predicted molar refractivity (Wildman–Crippen MR) is 82.4 cm³/mol. The summed E-state index contributed by atoms with van der Waals surface area (Å²) in [5, 5.41) is 0. The van der Waals surface area contributed by atoms with E-state index in [1.807, 2.05) is 6.92 Å². The molecule has 0 amide bonds. The first-order valence-corrected chi connectivity index (χ1v) is 7.86. The molecule has 0 bridgehead atoms. The molecule has 27 heavy (non-hydrogen) atoms. The van der Waals surface area contributed by atoms with Gasteiger partial charge in [-0.1, -0.05) is 31.2 Å². The maximum atomic E-state index is 14.0. The Morgan fingerprint density at radius 2 is 1.41 bits per heavy atom. The summed E-state index contributed by atoms with van der Waals surface area (Å²) < 4.78 is 99.1. The van der Waals surface area contributed by atoms with E-state index in [1.165, 1.54) is 24.3 Å². The predicted octanol–water partition coefficient (Wildman–Crippen LogP) is 5.73. The van der Waals surface area contributed by atoms with Gasteiger partial charge in [-0.2, -0.15) is 8.78 Å². The summed E-state index contributed by atoms with van der Waals surface area (Å²) in [6.07, 6.45) is -8.55. The van der Waals surface area contributed by atoms with Crippen LogP contribution in [0.2, 0.25) is 0 Å². The molecule has 2 rings (SSSR count). The highest BCUT2D eigenvalue weighted by Crippen LogP contribution is 2.31. The highest BCUT2D eigenvalue weighted by Gasteiger charge is 2.35. The van der Waals surface area contributed by atoms with Crippen molar-refractivity contribution in [1.82, 2.24) is 0 Å². The van der Waals surface area contributed by atoms with Crippen LogP contribution in [-0.4, -0.2) is 13.0 Å². The summed E-state index contributed by atoms with van der Waals surface area (Å²) in [7, 11) is 0. The van der Waals surface area contributed by atoms with Crippen molar-refractivity contribution in [2.75, 3.05) is 6.61 Å². The van der Waals surface area contributed by atoms with Gasteiger partial charge in [-0.3, -0.25) is 0 Å². The van der Waals surface area contributed by atoms with E-state index < -0.39 is 36.5 Å². The smallest absolute Gasteiger partial charge is 0.399 e. The average Bonchev–Trinajstić information content (AvgIpc) is 2.57. The van der Waals surface area contributed by atoms with Crippen molar-refractivity contribution in [2.45, 2.75) is 32.2 Å². The lowest BCUT2D eigenvalue weighted by molar-refractivity contribution is -0.276. The van der Waals surface area contributed by atoms with Crippen molar-refractivity contribution in [3.8, 4) is 5.75 Å². The fourth-order valence-corrected chi connectivity index (χ4v) is 2.28. The van der Waals surface area contributed by atoms with Crippen LogP contribution in [0.25, 0.3) is 0 Å². The van der Waals surface area contributed by atoms with E-state index in [2.05, 4.69) is 9.47 Å². The molecule has 0 aliphatic carbocycles. The SMILES string of the molecule is CCc1ccc(C(F)(F)OCCc2cc(F)c(OC(F)(F)F)c(F)c2)cc1. The maximum Gasteiger partial charge on any atom is 0.573 e. The van der Waals surface area contributed by atoms with E-state index in [-0.39, 0.29) is 17.5 Å². The van der Waals surface area contributed by atoms with Crippen LogP contribution >= 0.6 is 0 Å². The van der Waals surface area contributed by atoms with Crippen LogP contribution < -0.4 is 4.74 Å². The first-order valence-electron chi connectivity index (χ1n) is 7.86. The molecule has 0 saturated heterocycles. The number of hydrogen-bond donors (Lipinski definition) is 0. The van der Waals surface area contributed by atoms with E-state index in [4.69, 9.17) is 0 Å². The van der Waals surface area contributed by atoms with Gasteiger partial charge >= 0.3 is 12.5 Å². The molecule has 0 aliphatic rings. The first-order chi connectivity index (χ1) is 12.5. The molecule has 0 unspecified atom stereocenters. The van der Waals surface area contributed by atoms with Crippen LogP contribution in [0.15, 0.2) is 36.4 Å². The highest BCUT2D eigenvalue weighted by atomic mass is 19.4. The first kappa shape index (κ1) is 21.0. The summed E-state index contributed by atoms with van der Waals surface area (Å²) in [5.74, 6) is -4.79. The number of ether oxygens (including phenoxy) is 2. The topological polar surface area (TPSA) is 18.5 Å². The molecule has 0 N–H and O–H groups in total. The molecule has 0 fully saturated rings. The Morgan fingerprint density at radius 3 is 1.89 bits per heavy atom. The van der Waals surface area contributed by atoms with Gasteiger partial charge in [-0.05, 0) is 36.1 Å². The summed E-state index contributed by atoms with van der Waals surface area (Å²) >= 11 is 0. The van der Waals surface area contributed by atoms with E-state index in [0.29, 0.717) is 18.6 Å². The monoisotopic (exact) mass is 396 g/mol. The standard InChI is InChI=1S/C18H15F7O2/c1-2-11-3-5-13(6-4-11)17(21,22)26-8-7-12-9-14(19)16(15(20)10-12)27-18(23,24)25/h3-6,9-10H,2,7-8H2,1H3. The highest BCUT2D eigenvalue weighted by molar-refractivity contribution is 5.31. The van der Waals surface area contributed by atoms with E-state index in [1.54, 1.807) is 0 Å². The van der Waals surface area contributed by atoms with Crippen LogP contribution in [0, 0.1) is 11.6 Å². The second kappa shape index (κ2) is 8.16. The molecule has 9 heteroatoms. The van der Waals surface area contributed by atoms with Gasteiger partial charge in [0.25, 0.3) is 0 Å². The zero-order chi connectivity index (χ0) is 20.2. The number of halogens is 7. The molecule has 0 heterocycles. The zero-order valence-corrected chi connectivity index (χ0v) is 14.0. The molecule has 0 atom stereocenters. The lowest BCUT2D eigenvalue weighted by atomic mass is 10.1. The van der Waals surface area contributed by atoms with E-state index in [9.17, 15) is 30.7 Å². The maximum absolute atomic E-state index is 14.0. The minimum atomic E-state index is -5.26. The van der Waals surface area contributed by atoms with Crippen LogP contribution in [0.3, 0.4) is 0 Å². The number of hydrogen-bond acceptors (Lipinski definition) is 2. The van der Waals surface area contributed by atoms with Gasteiger partial charge in [0.05, 0.1) is 12.2 Å². The van der Waals surface area contributed by atoms with Crippen LogP contribution in [-0.2, 0) is 23.7 Å². The van der Waals surface area contributed by atoms with Gasteiger partial charge in [0.15, 0.2) is 11.6 Å². The fraction of sp³-hybridized carbons (Fsp3) is 0.333. The lowest BCUT2D eigenvalue weighted by Crippen LogP contribution is -2.20. The molecule has 2 aromatic rings. The molecule has 0 aliphatic heterocycles. The van der Waals surface area contributed by atoms with Crippen LogP contribution in [0.5, 0.6) is 5.75 Å². The summed E-state index contributed by atoms with van der Waals surface area (Å²) in [6.45, 7) is 1.26. The largest absolute Gasteiger partial charge is 0.573 e. The van der Waals surface area contributed by atoms with Gasteiger partial charge in [0, 0.05) is 0 Å². The lowest BCUT2D eigenvalue weighted by Gasteiger charge is -2.18. The number of rotatable bonds is 7. The Bertz CT molecular complexity index is 747. The minimum Gasteiger partial charge on any atom is -0.399 e. The number of alkyl halides is 5. The normalized spacial score (nSPS) is 12.3.